The summed E-state index contributed by atoms with van der Waals surface area (Å²) in [5.41, 5.74) is 1.13. The molecule has 1 aromatic rings. The molecule has 0 radical (unpaired) electrons. The summed E-state index contributed by atoms with van der Waals surface area (Å²) in [6.45, 7) is 4.01. The minimum absolute atomic E-state index is 0.415. The first-order chi connectivity index (χ1) is 9.96. The molecule has 2 heterocycles. The van der Waals surface area contributed by atoms with Crippen molar-refractivity contribution in [3.63, 3.8) is 0 Å². The molecule has 5 nitrogen and oxygen atoms in total. The van der Waals surface area contributed by atoms with Crippen LogP contribution in [-0.4, -0.2) is 57.9 Å². The molecular weight excluding hydrogens is 286 g/mol. The van der Waals surface area contributed by atoms with E-state index in [0.29, 0.717) is 29.8 Å². The smallest absolute Gasteiger partial charge is 0.243 e. The SMILES string of the molecule is CN(C)Cc1ccc(S(=O)(=O)N2C[C@H]3CNC[C@H]3C2)cc1. The van der Waals surface area contributed by atoms with Crippen molar-refractivity contribution in [2.24, 2.45) is 11.8 Å². The number of sulfonamides is 1. The van der Waals surface area contributed by atoms with Crippen LogP contribution in [0.25, 0.3) is 0 Å². The predicted molar refractivity (Wildman–Crippen MR) is 82.4 cm³/mol. The lowest BCUT2D eigenvalue weighted by Crippen LogP contribution is -2.31. The standard InChI is InChI=1S/C15H23N3O2S/c1-17(2)9-12-3-5-15(6-4-12)21(19,20)18-10-13-7-16-8-14(13)11-18/h3-6,13-14,16H,7-11H2,1-2H3/t13-,14+. The summed E-state index contributed by atoms with van der Waals surface area (Å²) >= 11 is 0. The van der Waals surface area contributed by atoms with Crippen LogP contribution >= 0.6 is 0 Å². The normalized spacial score (nSPS) is 26.4. The third-order valence-electron chi connectivity index (χ3n) is 4.42. The third-order valence-corrected chi connectivity index (χ3v) is 6.26. The lowest BCUT2D eigenvalue weighted by Gasteiger charge is -2.18. The number of fused-ring (bicyclic) bond motifs is 1. The molecular formula is C15H23N3O2S. The first-order valence-corrected chi connectivity index (χ1v) is 8.85. The van der Waals surface area contributed by atoms with Gasteiger partial charge in [0.1, 0.15) is 0 Å². The number of nitrogens with one attached hydrogen (secondary N) is 1. The van der Waals surface area contributed by atoms with Gasteiger partial charge in [-0.05, 0) is 56.7 Å². The molecule has 0 aromatic heterocycles. The van der Waals surface area contributed by atoms with Crippen LogP contribution in [0.15, 0.2) is 29.2 Å². The van der Waals surface area contributed by atoms with E-state index < -0.39 is 10.0 Å². The molecule has 0 bridgehead atoms. The van der Waals surface area contributed by atoms with Crippen LogP contribution in [0, 0.1) is 11.8 Å². The van der Waals surface area contributed by atoms with Crippen LogP contribution in [0.1, 0.15) is 5.56 Å². The molecule has 21 heavy (non-hydrogen) atoms. The zero-order chi connectivity index (χ0) is 15.0. The van der Waals surface area contributed by atoms with E-state index in [4.69, 9.17) is 0 Å². The predicted octanol–water partition coefficient (Wildman–Crippen LogP) is 0.588. The van der Waals surface area contributed by atoms with Gasteiger partial charge in [-0.3, -0.25) is 0 Å². The van der Waals surface area contributed by atoms with Crippen molar-refractivity contribution in [2.45, 2.75) is 11.4 Å². The topological polar surface area (TPSA) is 52.7 Å². The first-order valence-electron chi connectivity index (χ1n) is 7.41. The molecule has 6 heteroatoms. The molecule has 0 aliphatic carbocycles. The fraction of sp³-hybridized carbons (Fsp3) is 0.600. The van der Waals surface area contributed by atoms with Gasteiger partial charge < -0.3 is 10.2 Å². The Morgan fingerprint density at radius 1 is 1.14 bits per heavy atom. The van der Waals surface area contributed by atoms with Crippen LogP contribution in [-0.2, 0) is 16.6 Å². The van der Waals surface area contributed by atoms with Gasteiger partial charge in [0.25, 0.3) is 0 Å². The Hall–Kier alpha value is -0.950. The largest absolute Gasteiger partial charge is 0.316 e. The maximum Gasteiger partial charge on any atom is 0.243 e. The van der Waals surface area contributed by atoms with E-state index in [1.54, 1.807) is 16.4 Å². The molecule has 2 aliphatic rings. The van der Waals surface area contributed by atoms with E-state index in [1.165, 1.54) is 0 Å². The van der Waals surface area contributed by atoms with E-state index in [1.807, 2.05) is 26.2 Å². The van der Waals surface area contributed by atoms with Crippen molar-refractivity contribution in [1.29, 1.82) is 0 Å². The molecule has 1 N–H and O–H groups in total. The first kappa shape index (κ1) is 15.0. The lowest BCUT2D eigenvalue weighted by atomic mass is 10.0. The second-order valence-corrected chi connectivity index (χ2v) is 8.32. The molecule has 2 atom stereocenters. The van der Waals surface area contributed by atoms with E-state index in [2.05, 4.69) is 10.2 Å². The van der Waals surface area contributed by atoms with Gasteiger partial charge in [0.05, 0.1) is 4.90 Å². The maximum atomic E-state index is 12.7. The van der Waals surface area contributed by atoms with Crippen LogP contribution in [0.3, 0.4) is 0 Å². The van der Waals surface area contributed by atoms with E-state index in [-0.39, 0.29) is 0 Å². The van der Waals surface area contributed by atoms with Gasteiger partial charge in [-0.1, -0.05) is 12.1 Å². The van der Waals surface area contributed by atoms with Gasteiger partial charge in [-0.2, -0.15) is 4.31 Å². The number of hydrogen-bond donors (Lipinski definition) is 1. The molecule has 0 spiro atoms. The fourth-order valence-electron chi connectivity index (χ4n) is 3.29. The van der Waals surface area contributed by atoms with Crippen LogP contribution in [0.2, 0.25) is 0 Å². The zero-order valence-corrected chi connectivity index (χ0v) is 13.4. The summed E-state index contributed by atoms with van der Waals surface area (Å²) in [5.74, 6) is 0.959. The fourth-order valence-corrected chi connectivity index (χ4v) is 4.84. The molecule has 1 aromatic carbocycles. The second kappa shape index (κ2) is 5.68. The zero-order valence-electron chi connectivity index (χ0n) is 12.6. The summed E-state index contributed by atoms with van der Waals surface area (Å²) in [5, 5.41) is 3.34. The highest BCUT2D eigenvalue weighted by Crippen LogP contribution is 2.30. The average Bonchev–Trinajstić information content (AvgIpc) is 2.99. The summed E-state index contributed by atoms with van der Waals surface area (Å²) in [6.07, 6.45) is 0. The van der Waals surface area contributed by atoms with E-state index >= 15 is 0 Å². The lowest BCUT2D eigenvalue weighted by molar-refractivity contribution is 0.402. The summed E-state index contributed by atoms with van der Waals surface area (Å²) < 4.78 is 27.0. The Bertz CT molecular complexity index is 586. The monoisotopic (exact) mass is 309 g/mol. The number of benzene rings is 1. The van der Waals surface area contributed by atoms with Gasteiger partial charge in [-0.15, -0.1) is 0 Å². The van der Waals surface area contributed by atoms with Gasteiger partial charge in [0.15, 0.2) is 0 Å². The molecule has 116 valence electrons. The third kappa shape index (κ3) is 2.99. The van der Waals surface area contributed by atoms with Gasteiger partial charge in [0.2, 0.25) is 10.0 Å². The van der Waals surface area contributed by atoms with E-state index in [0.717, 1.165) is 25.2 Å². The Kier molecular flexibility index (Phi) is 4.05. The molecule has 3 rings (SSSR count). The molecule has 2 saturated heterocycles. The Balaban J connectivity index is 1.76. The van der Waals surface area contributed by atoms with Crippen LogP contribution < -0.4 is 5.32 Å². The van der Waals surface area contributed by atoms with Crippen molar-refractivity contribution in [3.05, 3.63) is 29.8 Å². The van der Waals surface area contributed by atoms with Crippen molar-refractivity contribution in [1.82, 2.24) is 14.5 Å². The molecule has 2 aliphatic heterocycles. The van der Waals surface area contributed by atoms with Crippen LogP contribution in [0.5, 0.6) is 0 Å². The minimum atomic E-state index is -3.33. The second-order valence-electron chi connectivity index (χ2n) is 6.38. The average molecular weight is 309 g/mol. The Morgan fingerprint density at radius 3 is 2.24 bits per heavy atom. The minimum Gasteiger partial charge on any atom is -0.316 e. The van der Waals surface area contributed by atoms with Crippen LogP contribution in [0.4, 0.5) is 0 Å². The number of nitrogens with zero attached hydrogens (tertiary/aromatic N) is 2. The Labute approximate surface area is 127 Å². The van der Waals surface area contributed by atoms with Crippen molar-refractivity contribution < 1.29 is 8.42 Å². The number of rotatable bonds is 4. The maximum absolute atomic E-state index is 12.7. The van der Waals surface area contributed by atoms with Gasteiger partial charge >= 0.3 is 0 Å². The molecule has 0 unspecified atom stereocenters. The Morgan fingerprint density at radius 2 is 1.71 bits per heavy atom. The summed E-state index contributed by atoms with van der Waals surface area (Å²) in [7, 11) is 0.669. The molecule has 2 fully saturated rings. The van der Waals surface area contributed by atoms with Crippen molar-refractivity contribution in [2.75, 3.05) is 40.3 Å². The highest BCUT2D eigenvalue weighted by molar-refractivity contribution is 7.89. The van der Waals surface area contributed by atoms with E-state index in [9.17, 15) is 8.42 Å². The number of hydrogen-bond acceptors (Lipinski definition) is 4. The van der Waals surface area contributed by atoms with Crippen molar-refractivity contribution in [3.8, 4) is 0 Å². The molecule has 0 amide bonds. The highest BCUT2D eigenvalue weighted by atomic mass is 32.2. The van der Waals surface area contributed by atoms with Crippen molar-refractivity contribution >= 4 is 10.0 Å². The molecule has 0 saturated carbocycles. The van der Waals surface area contributed by atoms with Gasteiger partial charge in [0, 0.05) is 19.6 Å². The highest BCUT2D eigenvalue weighted by Gasteiger charge is 2.41. The summed E-state index contributed by atoms with van der Waals surface area (Å²) in [4.78, 5) is 2.48. The summed E-state index contributed by atoms with van der Waals surface area (Å²) in [6, 6.07) is 7.29. The van der Waals surface area contributed by atoms with Gasteiger partial charge in [-0.25, -0.2) is 8.42 Å². The quantitative estimate of drug-likeness (QED) is 0.884.